The third kappa shape index (κ3) is 2.92. The number of carboxylic acid groups (broad SMARTS) is 1. The summed E-state index contributed by atoms with van der Waals surface area (Å²) < 4.78 is 0. The number of nitro groups is 1. The van der Waals surface area contributed by atoms with Crippen LogP contribution in [0.1, 0.15) is 15.9 Å². The number of nitrogens with zero attached hydrogens (tertiary/aromatic N) is 2. The Balaban J connectivity index is 2.52. The Morgan fingerprint density at radius 1 is 1.43 bits per heavy atom. The van der Waals surface area contributed by atoms with E-state index in [0.717, 1.165) is 0 Å². The van der Waals surface area contributed by atoms with Crippen molar-refractivity contribution in [2.45, 2.75) is 6.92 Å². The standard InChI is InChI=1S/C13H10ClN3O4/c1-7-10(17(20)21)5-4-9(14)11(7)16-12-8(13(18)19)3-2-6-15-12/h2-6H,1H3,(H,15,16)(H,18,19). The molecule has 1 aromatic carbocycles. The lowest BCUT2D eigenvalue weighted by Crippen LogP contribution is -2.06. The second-order valence-corrected chi connectivity index (χ2v) is 4.56. The fraction of sp³-hybridized carbons (Fsp3) is 0.0769. The molecule has 2 aromatic rings. The Labute approximate surface area is 124 Å². The van der Waals surface area contributed by atoms with Gasteiger partial charge in [-0.05, 0) is 25.1 Å². The zero-order valence-corrected chi connectivity index (χ0v) is 11.6. The Bertz CT molecular complexity index is 733. The second-order valence-electron chi connectivity index (χ2n) is 4.15. The zero-order chi connectivity index (χ0) is 15.6. The smallest absolute Gasteiger partial charge is 0.339 e. The van der Waals surface area contributed by atoms with Crippen LogP contribution in [-0.4, -0.2) is 21.0 Å². The summed E-state index contributed by atoms with van der Waals surface area (Å²) in [5.41, 5.74) is 0.385. The maximum absolute atomic E-state index is 11.1. The highest BCUT2D eigenvalue weighted by Gasteiger charge is 2.19. The SMILES string of the molecule is Cc1c([N+](=O)[O-])ccc(Cl)c1Nc1ncccc1C(=O)O. The Morgan fingerprint density at radius 3 is 2.76 bits per heavy atom. The van der Waals surface area contributed by atoms with Crippen molar-refractivity contribution in [2.24, 2.45) is 0 Å². The van der Waals surface area contributed by atoms with E-state index in [0.29, 0.717) is 5.56 Å². The number of carbonyl (C=O) groups is 1. The number of anilines is 2. The summed E-state index contributed by atoms with van der Waals surface area (Å²) in [5, 5.41) is 23.0. The van der Waals surface area contributed by atoms with Gasteiger partial charge in [0.2, 0.25) is 0 Å². The number of benzene rings is 1. The van der Waals surface area contributed by atoms with E-state index in [2.05, 4.69) is 10.3 Å². The number of rotatable bonds is 4. The van der Waals surface area contributed by atoms with Gasteiger partial charge in [0.15, 0.2) is 0 Å². The van der Waals surface area contributed by atoms with E-state index in [1.165, 1.54) is 37.4 Å². The van der Waals surface area contributed by atoms with Gasteiger partial charge in [0.25, 0.3) is 5.69 Å². The quantitative estimate of drug-likeness (QED) is 0.662. The number of aromatic nitrogens is 1. The summed E-state index contributed by atoms with van der Waals surface area (Å²) in [6, 6.07) is 5.52. The number of aromatic carboxylic acids is 1. The molecule has 0 aliphatic heterocycles. The van der Waals surface area contributed by atoms with Gasteiger partial charge in [0, 0.05) is 12.3 Å². The molecule has 0 unspecified atom stereocenters. The molecule has 0 aliphatic carbocycles. The highest BCUT2D eigenvalue weighted by Crippen LogP contribution is 2.34. The molecule has 0 saturated heterocycles. The molecule has 1 aromatic heterocycles. The van der Waals surface area contributed by atoms with Crippen molar-refractivity contribution in [3.8, 4) is 0 Å². The highest BCUT2D eigenvalue weighted by molar-refractivity contribution is 6.33. The minimum absolute atomic E-state index is 0.0560. The van der Waals surface area contributed by atoms with E-state index >= 15 is 0 Å². The van der Waals surface area contributed by atoms with Crippen molar-refractivity contribution < 1.29 is 14.8 Å². The number of hydrogen-bond donors (Lipinski definition) is 2. The van der Waals surface area contributed by atoms with Crippen LogP contribution < -0.4 is 5.32 Å². The van der Waals surface area contributed by atoms with Crippen molar-refractivity contribution in [3.63, 3.8) is 0 Å². The lowest BCUT2D eigenvalue weighted by atomic mass is 10.1. The molecular formula is C13H10ClN3O4. The molecule has 7 nitrogen and oxygen atoms in total. The number of halogens is 1. The third-order valence-electron chi connectivity index (χ3n) is 2.86. The average Bonchev–Trinajstić information content (AvgIpc) is 2.43. The van der Waals surface area contributed by atoms with Gasteiger partial charge in [-0.3, -0.25) is 10.1 Å². The van der Waals surface area contributed by atoms with Gasteiger partial charge in [-0.25, -0.2) is 9.78 Å². The summed E-state index contributed by atoms with van der Waals surface area (Å²) in [6.07, 6.45) is 1.41. The maximum atomic E-state index is 11.1. The van der Waals surface area contributed by atoms with Crippen LogP contribution in [0.5, 0.6) is 0 Å². The van der Waals surface area contributed by atoms with E-state index in [9.17, 15) is 14.9 Å². The van der Waals surface area contributed by atoms with Crippen molar-refractivity contribution in [1.29, 1.82) is 0 Å². The van der Waals surface area contributed by atoms with E-state index in [-0.39, 0.29) is 27.8 Å². The maximum Gasteiger partial charge on any atom is 0.339 e. The Hall–Kier alpha value is -2.67. The van der Waals surface area contributed by atoms with Gasteiger partial charge < -0.3 is 10.4 Å². The van der Waals surface area contributed by atoms with Crippen molar-refractivity contribution in [3.05, 3.63) is 56.7 Å². The summed E-state index contributed by atoms with van der Waals surface area (Å²) in [4.78, 5) is 25.5. The van der Waals surface area contributed by atoms with Crippen LogP contribution in [0.2, 0.25) is 5.02 Å². The number of carboxylic acids is 1. The molecule has 0 saturated carbocycles. The van der Waals surface area contributed by atoms with Gasteiger partial charge in [-0.1, -0.05) is 11.6 Å². The first-order chi connectivity index (χ1) is 9.91. The summed E-state index contributed by atoms with van der Waals surface area (Å²) in [6.45, 7) is 1.52. The molecule has 0 bridgehead atoms. The monoisotopic (exact) mass is 307 g/mol. The van der Waals surface area contributed by atoms with Gasteiger partial charge in [0.05, 0.1) is 21.2 Å². The van der Waals surface area contributed by atoms with E-state index in [1.54, 1.807) is 0 Å². The van der Waals surface area contributed by atoms with E-state index in [4.69, 9.17) is 16.7 Å². The second kappa shape index (κ2) is 5.76. The normalized spacial score (nSPS) is 10.2. The predicted octanol–water partition coefficient (Wildman–Crippen LogP) is 3.39. The lowest BCUT2D eigenvalue weighted by molar-refractivity contribution is -0.385. The summed E-state index contributed by atoms with van der Waals surface area (Å²) in [5.74, 6) is -1.10. The highest BCUT2D eigenvalue weighted by atomic mass is 35.5. The molecule has 0 radical (unpaired) electrons. The first kappa shape index (κ1) is 14.7. The predicted molar refractivity (Wildman–Crippen MR) is 77.3 cm³/mol. The van der Waals surface area contributed by atoms with Crippen molar-refractivity contribution in [2.75, 3.05) is 5.32 Å². The molecule has 0 fully saturated rings. The minimum atomic E-state index is -1.16. The van der Waals surface area contributed by atoms with E-state index in [1.807, 2.05) is 0 Å². The Kier molecular flexibility index (Phi) is 4.04. The molecule has 0 atom stereocenters. The van der Waals surface area contributed by atoms with Gasteiger partial charge >= 0.3 is 5.97 Å². The van der Waals surface area contributed by atoms with Crippen LogP contribution in [0.25, 0.3) is 0 Å². The van der Waals surface area contributed by atoms with Gasteiger partial charge in [-0.15, -0.1) is 0 Å². The fourth-order valence-electron chi connectivity index (χ4n) is 1.81. The molecule has 2 N–H and O–H groups in total. The average molecular weight is 308 g/mol. The van der Waals surface area contributed by atoms with Gasteiger partial charge in [-0.2, -0.15) is 0 Å². The van der Waals surface area contributed by atoms with Crippen molar-refractivity contribution in [1.82, 2.24) is 4.98 Å². The molecule has 108 valence electrons. The molecule has 8 heteroatoms. The van der Waals surface area contributed by atoms with Crippen LogP contribution >= 0.6 is 11.6 Å². The molecule has 0 aliphatic rings. The minimum Gasteiger partial charge on any atom is -0.478 e. The molecule has 0 amide bonds. The van der Waals surface area contributed by atoms with E-state index < -0.39 is 10.9 Å². The van der Waals surface area contributed by atoms with Crippen LogP contribution in [0.15, 0.2) is 30.5 Å². The lowest BCUT2D eigenvalue weighted by Gasteiger charge is -2.12. The first-order valence-electron chi connectivity index (χ1n) is 5.80. The number of nitrogens with one attached hydrogen (secondary N) is 1. The van der Waals surface area contributed by atoms with Crippen LogP contribution in [-0.2, 0) is 0 Å². The topological polar surface area (TPSA) is 105 Å². The van der Waals surface area contributed by atoms with Crippen molar-refractivity contribution >= 4 is 34.8 Å². The summed E-state index contributed by atoms with van der Waals surface area (Å²) in [7, 11) is 0. The number of nitro benzene ring substituents is 1. The Morgan fingerprint density at radius 2 is 2.14 bits per heavy atom. The van der Waals surface area contributed by atoms with Crippen LogP contribution in [0, 0.1) is 17.0 Å². The van der Waals surface area contributed by atoms with Crippen LogP contribution in [0.4, 0.5) is 17.2 Å². The molecule has 1 heterocycles. The molecular weight excluding hydrogens is 298 g/mol. The molecule has 2 rings (SSSR count). The largest absolute Gasteiger partial charge is 0.478 e. The third-order valence-corrected chi connectivity index (χ3v) is 3.18. The fourth-order valence-corrected chi connectivity index (χ4v) is 2.07. The zero-order valence-electron chi connectivity index (χ0n) is 10.8. The molecule has 0 spiro atoms. The first-order valence-corrected chi connectivity index (χ1v) is 6.18. The number of hydrogen-bond acceptors (Lipinski definition) is 5. The van der Waals surface area contributed by atoms with Crippen LogP contribution in [0.3, 0.4) is 0 Å². The van der Waals surface area contributed by atoms with Gasteiger partial charge in [0.1, 0.15) is 11.4 Å². The number of pyridine rings is 1. The summed E-state index contributed by atoms with van der Waals surface area (Å²) >= 11 is 6.03. The molecule has 21 heavy (non-hydrogen) atoms.